The smallest absolute Gasteiger partial charge is 0.306 e. The Hall–Kier alpha value is -1.43. The van der Waals surface area contributed by atoms with Gasteiger partial charge in [0.15, 0.2) is 6.10 Å². The SMILES string of the molecule is CCCCCCCCCCCCCCCC(=O)OC(CO)COC(=O)CCCCC(CCCCCCCCCC)C(=O)CCCCCCCCCCCCCCC. The van der Waals surface area contributed by atoms with Crippen molar-refractivity contribution in [3.63, 3.8) is 0 Å². The Morgan fingerprint density at radius 3 is 1.07 bits per heavy atom. The lowest BCUT2D eigenvalue weighted by Crippen LogP contribution is -2.28. The second-order valence-corrected chi connectivity index (χ2v) is 17.6. The second kappa shape index (κ2) is 45.7. The standard InChI is InChI=1S/C51H98O6/c1-4-7-10-13-16-19-21-23-25-27-30-33-36-42-49(53)47(40-35-32-29-18-15-12-9-6-3)41-38-39-43-50(54)56-46-48(45-52)57-51(55)44-37-34-31-28-26-24-22-20-17-14-11-8-5-2/h47-48,52H,4-46H2,1-3H3. The Morgan fingerprint density at radius 2 is 0.684 bits per heavy atom. The van der Waals surface area contributed by atoms with Crippen LogP contribution in [-0.2, 0) is 23.9 Å². The van der Waals surface area contributed by atoms with Crippen molar-refractivity contribution >= 4 is 17.7 Å². The van der Waals surface area contributed by atoms with Crippen LogP contribution >= 0.6 is 0 Å². The molecule has 0 aromatic carbocycles. The third kappa shape index (κ3) is 41.1. The molecule has 0 aromatic heterocycles. The molecule has 0 bridgehead atoms. The van der Waals surface area contributed by atoms with E-state index in [1.807, 2.05) is 0 Å². The zero-order chi connectivity index (χ0) is 41.7. The molecule has 0 rings (SSSR count). The van der Waals surface area contributed by atoms with Crippen LogP contribution in [0.3, 0.4) is 0 Å². The molecule has 57 heavy (non-hydrogen) atoms. The molecule has 0 aliphatic carbocycles. The maximum atomic E-state index is 13.3. The minimum absolute atomic E-state index is 0.103. The van der Waals surface area contributed by atoms with Gasteiger partial charge >= 0.3 is 11.9 Å². The molecule has 0 aliphatic rings. The number of carbonyl (C=O) groups is 3. The van der Waals surface area contributed by atoms with Gasteiger partial charge in [-0.2, -0.15) is 0 Å². The van der Waals surface area contributed by atoms with Crippen molar-refractivity contribution in [2.45, 2.75) is 290 Å². The minimum atomic E-state index is -0.817. The van der Waals surface area contributed by atoms with Crippen LogP contribution < -0.4 is 0 Å². The van der Waals surface area contributed by atoms with Crippen LogP contribution in [0.25, 0.3) is 0 Å². The van der Waals surface area contributed by atoms with Crippen molar-refractivity contribution in [3.8, 4) is 0 Å². The Morgan fingerprint density at radius 1 is 0.386 bits per heavy atom. The van der Waals surface area contributed by atoms with E-state index in [9.17, 15) is 19.5 Å². The highest BCUT2D eigenvalue weighted by Gasteiger charge is 2.19. The number of ether oxygens (including phenoxy) is 2. The average Bonchev–Trinajstić information content (AvgIpc) is 3.21. The van der Waals surface area contributed by atoms with Crippen LogP contribution in [-0.4, -0.2) is 42.1 Å². The Balaban J connectivity index is 4.25. The molecule has 0 saturated heterocycles. The zero-order valence-electron chi connectivity index (χ0n) is 38.5. The lowest BCUT2D eigenvalue weighted by Gasteiger charge is -2.17. The van der Waals surface area contributed by atoms with E-state index >= 15 is 0 Å². The van der Waals surface area contributed by atoms with Crippen LogP contribution in [0, 0.1) is 5.92 Å². The number of hydrogen-bond donors (Lipinski definition) is 1. The van der Waals surface area contributed by atoms with E-state index < -0.39 is 6.10 Å². The fourth-order valence-corrected chi connectivity index (χ4v) is 8.09. The van der Waals surface area contributed by atoms with E-state index in [-0.39, 0.29) is 37.5 Å². The first-order valence-corrected chi connectivity index (χ1v) is 25.5. The van der Waals surface area contributed by atoms with Gasteiger partial charge in [-0.25, -0.2) is 0 Å². The summed E-state index contributed by atoms with van der Waals surface area (Å²) >= 11 is 0. The van der Waals surface area contributed by atoms with Gasteiger partial charge in [-0.1, -0.05) is 233 Å². The zero-order valence-corrected chi connectivity index (χ0v) is 38.5. The fraction of sp³-hybridized carbons (Fsp3) is 0.941. The summed E-state index contributed by atoms with van der Waals surface area (Å²) in [4.78, 5) is 38.2. The molecule has 0 aliphatic heterocycles. The van der Waals surface area contributed by atoms with Crippen molar-refractivity contribution in [2.24, 2.45) is 5.92 Å². The molecule has 2 unspecified atom stereocenters. The van der Waals surface area contributed by atoms with Gasteiger partial charge < -0.3 is 14.6 Å². The Bertz CT molecular complexity index is 859. The lowest BCUT2D eigenvalue weighted by molar-refractivity contribution is -0.161. The highest BCUT2D eigenvalue weighted by molar-refractivity contribution is 5.80. The van der Waals surface area contributed by atoms with Gasteiger partial charge in [0.05, 0.1) is 6.61 Å². The number of Topliss-reactive ketones (excluding diaryl/α,β-unsaturated/α-hetero) is 1. The lowest BCUT2D eigenvalue weighted by atomic mass is 9.88. The molecule has 1 N–H and O–H groups in total. The van der Waals surface area contributed by atoms with Crippen molar-refractivity contribution in [1.82, 2.24) is 0 Å². The van der Waals surface area contributed by atoms with E-state index in [0.717, 1.165) is 57.8 Å². The number of carbonyl (C=O) groups excluding carboxylic acids is 3. The number of hydrogen-bond acceptors (Lipinski definition) is 6. The monoisotopic (exact) mass is 807 g/mol. The van der Waals surface area contributed by atoms with E-state index in [2.05, 4.69) is 20.8 Å². The first-order chi connectivity index (χ1) is 28.0. The normalized spacial score (nSPS) is 12.5. The first kappa shape index (κ1) is 55.6. The van der Waals surface area contributed by atoms with Crippen LogP contribution in [0.2, 0.25) is 0 Å². The van der Waals surface area contributed by atoms with Gasteiger partial charge in [0, 0.05) is 25.2 Å². The number of ketones is 1. The third-order valence-corrected chi connectivity index (χ3v) is 12.0. The Kier molecular flexibility index (Phi) is 44.5. The molecule has 2 atom stereocenters. The summed E-state index contributed by atoms with van der Waals surface area (Å²) in [6, 6.07) is 0. The summed E-state index contributed by atoms with van der Waals surface area (Å²) in [6.45, 7) is 6.32. The van der Waals surface area contributed by atoms with Crippen molar-refractivity contribution in [1.29, 1.82) is 0 Å². The average molecular weight is 807 g/mol. The molecule has 6 nitrogen and oxygen atoms in total. The highest BCUT2D eigenvalue weighted by atomic mass is 16.6. The first-order valence-electron chi connectivity index (χ1n) is 25.5. The molecule has 0 fully saturated rings. The van der Waals surface area contributed by atoms with Crippen molar-refractivity contribution in [2.75, 3.05) is 13.2 Å². The van der Waals surface area contributed by atoms with Gasteiger partial charge in [-0.15, -0.1) is 0 Å². The maximum absolute atomic E-state index is 13.3. The van der Waals surface area contributed by atoms with Crippen LogP contribution in [0.15, 0.2) is 0 Å². The van der Waals surface area contributed by atoms with Gasteiger partial charge in [0.25, 0.3) is 0 Å². The van der Waals surface area contributed by atoms with Gasteiger partial charge in [0.2, 0.25) is 0 Å². The van der Waals surface area contributed by atoms with E-state index in [4.69, 9.17) is 9.47 Å². The quantitative estimate of drug-likeness (QED) is 0.0486. The third-order valence-electron chi connectivity index (χ3n) is 12.0. The van der Waals surface area contributed by atoms with Crippen LogP contribution in [0.5, 0.6) is 0 Å². The number of rotatable bonds is 47. The molecule has 0 saturated carbocycles. The fourth-order valence-electron chi connectivity index (χ4n) is 8.09. The summed E-state index contributed by atoms with van der Waals surface area (Å²) in [5.74, 6) is -0.139. The molecule has 338 valence electrons. The van der Waals surface area contributed by atoms with E-state index in [0.29, 0.717) is 25.0 Å². The van der Waals surface area contributed by atoms with E-state index in [1.165, 1.54) is 180 Å². The van der Waals surface area contributed by atoms with Crippen LogP contribution in [0.4, 0.5) is 0 Å². The van der Waals surface area contributed by atoms with Gasteiger partial charge in [0.1, 0.15) is 12.4 Å². The van der Waals surface area contributed by atoms with Gasteiger partial charge in [-0.05, 0) is 32.1 Å². The molecular formula is C51H98O6. The molecular weight excluding hydrogens is 709 g/mol. The molecule has 0 aromatic rings. The van der Waals surface area contributed by atoms with Gasteiger partial charge in [-0.3, -0.25) is 14.4 Å². The largest absolute Gasteiger partial charge is 0.462 e. The topological polar surface area (TPSA) is 89.9 Å². The van der Waals surface area contributed by atoms with Crippen LogP contribution in [0.1, 0.15) is 284 Å². The molecule has 6 heteroatoms. The predicted molar refractivity (Wildman–Crippen MR) is 243 cm³/mol. The summed E-state index contributed by atoms with van der Waals surface area (Å²) < 4.78 is 10.8. The minimum Gasteiger partial charge on any atom is -0.462 e. The maximum Gasteiger partial charge on any atom is 0.306 e. The summed E-state index contributed by atoms with van der Waals surface area (Å²) in [6.07, 6.45) is 47.3. The van der Waals surface area contributed by atoms with Crippen molar-refractivity contribution < 1.29 is 29.0 Å². The predicted octanol–water partition coefficient (Wildman–Crippen LogP) is 15.7. The number of aliphatic hydroxyl groups is 1. The summed E-state index contributed by atoms with van der Waals surface area (Å²) in [5, 5.41) is 9.72. The summed E-state index contributed by atoms with van der Waals surface area (Å²) in [7, 11) is 0. The number of esters is 2. The molecule has 0 spiro atoms. The molecule has 0 radical (unpaired) electrons. The summed E-state index contributed by atoms with van der Waals surface area (Å²) in [5.41, 5.74) is 0. The van der Waals surface area contributed by atoms with Crippen molar-refractivity contribution in [3.05, 3.63) is 0 Å². The second-order valence-electron chi connectivity index (χ2n) is 17.6. The molecule has 0 amide bonds. The Labute approximate surface area is 354 Å². The molecule has 0 heterocycles. The number of aliphatic hydroxyl groups excluding tert-OH is 1. The number of unbranched alkanes of at least 4 members (excludes halogenated alkanes) is 32. The van der Waals surface area contributed by atoms with E-state index in [1.54, 1.807) is 0 Å². The highest BCUT2D eigenvalue weighted by Crippen LogP contribution is 2.23.